The first-order valence-electron chi connectivity index (χ1n) is 13.8. The zero-order chi connectivity index (χ0) is 29.0. The van der Waals surface area contributed by atoms with Crippen molar-refractivity contribution in [3.8, 4) is 0 Å². The van der Waals surface area contributed by atoms with E-state index in [1.165, 1.54) is 43.1 Å². The molecular formula is C37H42HfO2Si-3. The van der Waals surface area contributed by atoms with Crippen LogP contribution < -0.4 is 0 Å². The van der Waals surface area contributed by atoms with E-state index < -0.39 is 0 Å². The van der Waals surface area contributed by atoms with Crippen molar-refractivity contribution >= 4 is 52.6 Å². The molecule has 2 nitrogen and oxygen atoms in total. The summed E-state index contributed by atoms with van der Waals surface area (Å²) in [6, 6.07) is 48.6. The first kappa shape index (κ1) is 36.0. The summed E-state index contributed by atoms with van der Waals surface area (Å²) in [6.45, 7) is 8.28. The molecule has 41 heavy (non-hydrogen) atoms. The number of rotatable bonds is 0. The first-order chi connectivity index (χ1) is 19.6. The van der Waals surface area contributed by atoms with E-state index in [0.29, 0.717) is 0 Å². The monoisotopic (exact) mass is 726 g/mol. The molecular weight excluding hydrogens is 683 g/mol. The molecule has 7 aromatic carbocycles. The number of hydrogen-bond acceptors (Lipinski definition) is 2. The van der Waals surface area contributed by atoms with Gasteiger partial charge in [0.05, 0.1) is 0 Å². The molecule has 0 spiro atoms. The van der Waals surface area contributed by atoms with Gasteiger partial charge in [0.1, 0.15) is 0 Å². The molecule has 7 rings (SSSR count). The maximum absolute atomic E-state index is 7.57. The molecule has 0 aliphatic rings. The van der Waals surface area contributed by atoms with Gasteiger partial charge < -0.3 is 10.2 Å². The zero-order valence-corrected chi connectivity index (χ0v) is 29.4. The molecule has 0 aliphatic heterocycles. The van der Waals surface area contributed by atoms with Crippen LogP contribution in [0.3, 0.4) is 0 Å². The Morgan fingerprint density at radius 2 is 0.805 bits per heavy atom. The van der Waals surface area contributed by atoms with Crippen molar-refractivity contribution in [3.05, 3.63) is 140 Å². The maximum Gasteiger partial charge on any atom is 0.0402 e. The van der Waals surface area contributed by atoms with E-state index in [4.69, 9.17) is 10.2 Å². The Labute approximate surface area is 267 Å². The molecule has 0 fully saturated rings. The number of fused-ring (bicyclic) bond motifs is 5. The SMILES string of the molecule is CCO.CCO.C[SiH]C.[Hf].c1ccc2[cH-]ccc2c1.c1ccc2[cH-]ccc2c1.c1ccc2c(c1)[cH-]c1ccccc12. The van der Waals surface area contributed by atoms with Crippen LogP contribution in [0.2, 0.25) is 13.1 Å². The summed E-state index contributed by atoms with van der Waals surface area (Å²) in [4.78, 5) is 0. The quantitative estimate of drug-likeness (QED) is 0.121. The van der Waals surface area contributed by atoms with Crippen molar-refractivity contribution in [2.24, 2.45) is 0 Å². The Kier molecular flexibility index (Phi) is 19.0. The summed E-state index contributed by atoms with van der Waals surface area (Å²) >= 11 is 0. The van der Waals surface area contributed by atoms with Gasteiger partial charge in [-0.1, -0.05) is 61.6 Å². The van der Waals surface area contributed by atoms with Gasteiger partial charge in [0.25, 0.3) is 0 Å². The number of aliphatic hydroxyl groups is 2. The predicted molar refractivity (Wildman–Crippen MR) is 181 cm³/mol. The van der Waals surface area contributed by atoms with Crippen LogP contribution in [-0.2, 0) is 25.8 Å². The fraction of sp³-hybridized carbons (Fsp3) is 0.162. The average Bonchev–Trinajstić information content (AvgIpc) is 3.73. The minimum Gasteiger partial charge on any atom is -0.397 e. The van der Waals surface area contributed by atoms with E-state index in [0.717, 1.165) is 9.52 Å². The van der Waals surface area contributed by atoms with Crippen LogP contribution in [-0.4, -0.2) is 32.9 Å². The molecule has 0 bridgehead atoms. The third-order valence-electron chi connectivity index (χ3n) is 5.62. The number of hydrogen-bond donors (Lipinski definition) is 2. The second-order valence-corrected chi connectivity index (χ2v) is 9.99. The Morgan fingerprint density at radius 3 is 1.15 bits per heavy atom. The molecule has 0 amide bonds. The van der Waals surface area contributed by atoms with E-state index in [1.807, 2.05) is 0 Å². The summed E-state index contributed by atoms with van der Waals surface area (Å²) < 4.78 is 0. The normalized spacial score (nSPS) is 9.32. The van der Waals surface area contributed by atoms with Crippen LogP contribution in [0.25, 0.3) is 43.1 Å². The molecule has 0 atom stereocenters. The average molecular weight is 725 g/mol. The molecule has 1 radical (unpaired) electrons. The van der Waals surface area contributed by atoms with Crippen molar-refractivity contribution in [3.63, 3.8) is 0 Å². The van der Waals surface area contributed by atoms with Crippen molar-refractivity contribution < 1.29 is 36.1 Å². The molecule has 2 N–H and O–H groups in total. The molecule has 0 unspecified atom stereocenters. The van der Waals surface area contributed by atoms with Crippen LogP contribution in [0.15, 0.2) is 140 Å². The van der Waals surface area contributed by atoms with E-state index in [1.54, 1.807) is 13.8 Å². The molecule has 213 valence electrons. The first-order valence-corrected chi connectivity index (χ1v) is 16.1. The Balaban J connectivity index is 0.000000270. The van der Waals surface area contributed by atoms with Crippen molar-refractivity contribution in [1.82, 2.24) is 0 Å². The van der Waals surface area contributed by atoms with Gasteiger partial charge in [-0.25, -0.2) is 0 Å². The van der Waals surface area contributed by atoms with Gasteiger partial charge in [0.2, 0.25) is 0 Å². The van der Waals surface area contributed by atoms with Crippen LogP contribution >= 0.6 is 0 Å². The molecule has 4 heteroatoms. The molecule has 0 saturated heterocycles. The van der Waals surface area contributed by atoms with Crippen molar-refractivity contribution in [1.29, 1.82) is 0 Å². The standard InChI is InChI=1S/C13H9.2C9H7.2C2H6O.C2H7Si.Hf/c1-3-7-12-10(5-1)9-11-6-2-4-8-13(11)12;2*1-2-5-9-7-3-6-8(9)4-1;2*1-2-3;1-3-2;/h1-9H;2*1-7H;2*3H,2H2,1H3;3H,1-2H3;/q3*-1;;;;. The Bertz CT molecular complexity index is 1430. The molecule has 0 saturated carbocycles. The van der Waals surface area contributed by atoms with E-state index in [-0.39, 0.29) is 39.1 Å². The van der Waals surface area contributed by atoms with Crippen LogP contribution in [0.1, 0.15) is 13.8 Å². The van der Waals surface area contributed by atoms with Gasteiger partial charge in [-0.2, -0.15) is 35.0 Å². The Morgan fingerprint density at radius 1 is 0.512 bits per heavy atom. The second kappa shape index (κ2) is 21.7. The van der Waals surface area contributed by atoms with Crippen LogP contribution in [0.4, 0.5) is 0 Å². The van der Waals surface area contributed by atoms with E-state index in [2.05, 4.69) is 153 Å². The second-order valence-electron chi connectivity index (χ2n) is 8.84. The van der Waals surface area contributed by atoms with E-state index >= 15 is 0 Å². The van der Waals surface area contributed by atoms with Gasteiger partial charge >= 0.3 is 0 Å². The maximum atomic E-state index is 7.57. The smallest absolute Gasteiger partial charge is 0.0402 e. The fourth-order valence-electron chi connectivity index (χ4n) is 4.04. The Hall–Kier alpha value is -3.02. The summed E-state index contributed by atoms with van der Waals surface area (Å²) in [5.41, 5.74) is 0. The third-order valence-corrected chi connectivity index (χ3v) is 5.62. The molecule has 0 aromatic heterocycles. The van der Waals surface area contributed by atoms with Gasteiger partial charge in [0, 0.05) is 48.6 Å². The minimum absolute atomic E-state index is 0. The summed E-state index contributed by atoms with van der Waals surface area (Å²) in [6.07, 6.45) is 0. The molecule has 0 heterocycles. The van der Waals surface area contributed by atoms with Crippen molar-refractivity contribution in [2.45, 2.75) is 26.9 Å². The third kappa shape index (κ3) is 12.2. The van der Waals surface area contributed by atoms with Crippen LogP contribution in [0.5, 0.6) is 0 Å². The van der Waals surface area contributed by atoms with Gasteiger partial charge in [0.15, 0.2) is 0 Å². The van der Waals surface area contributed by atoms with Crippen molar-refractivity contribution in [2.75, 3.05) is 13.2 Å². The topological polar surface area (TPSA) is 40.5 Å². The van der Waals surface area contributed by atoms with Crippen LogP contribution in [0, 0.1) is 0 Å². The minimum atomic E-state index is 0. The number of aliphatic hydroxyl groups excluding tert-OH is 2. The zero-order valence-electron chi connectivity index (χ0n) is 24.7. The van der Waals surface area contributed by atoms with E-state index in [9.17, 15) is 0 Å². The molecule has 7 aromatic rings. The van der Waals surface area contributed by atoms with Gasteiger partial charge in [-0.15, -0.1) is 99.0 Å². The van der Waals surface area contributed by atoms with Gasteiger partial charge in [-0.3, -0.25) is 0 Å². The molecule has 0 aliphatic carbocycles. The largest absolute Gasteiger partial charge is 0.397 e. The predicted octanol–water partition coefficient (Wildman–Crippen LogP) is 9.34. The summed E-state index contributed by atoms with van der Waals surface area (Å²) in [7, 11) is 0.750. The van der Waals surface area contributed by atoms with Gasteiger partial charge in [-0.05, 0) is 13.8 Å². The summed E-state index contributed by atoms with van der Waals surface area (Å²) in [5.74, 6) is 0. The fourth-order valence-corrected chi connectivity index (χ4v) is 4.04. The summed E-state index contributed by atoms with van der Waals surface area (Å²) in [5, 5.41) is 25.9. The number of benzene rings is 4.